The zero-order chi connectivity index (χ0) is 19.1. The van der Waals surface area contributed by atoms with Crippen molar-refractivity contribution in [3.63, 3.8) is 0 Å². The largest absolute Gasteiger partial charge is 0.451 e. The highest BCUT2D eigenvalue weighted by Crippen LogP contribution is 2.34. The predicted octanol–water partition coefficient (Wildman–Crippen LogP) is 3.29. The third-order valence-electron chi connectivity index (χ3n) is 4.08. The molecule has 9 heteroatoms. The van der Waals surface area contributed by atoms with E-state index in [0.717, 1.165) is 5.57 Å². The van der Waals surface area contributed by atoms with Gasteiger partial charge in [-0.25, -0.2) is 14.8 Å². The van der Waals surface area contributed by atoms with Crippen LogP contribution in [-0.2, 0) is 15.7 Å². The van der Waals surface area contributed by atoms with Gasteiger partial charge < -0.3 is 9.47 Å². The number of aromatic nitrogens is 2. The van der Waals surface area contributed by atoms with E-state index in [1.54, 1.807) is 25.7 Å². The normalized spacial score (nSPS) is 23.5. The van der Waals surface area contributed by atoms with Crippen LogP contribution in [0.3, 0.4) is 0 Å². The lowest BCUT2D eigenvalue weighted by Gasteiger charge is -2.44. The molecule has 2 atom stereocenters. The average molecular weight is 371 g/mol. The molecule has 26 heavy (non-hydrogen) atoms. The molecule has 2 aliphatic rings. The highest BCUT2D eigenvalue weighted by Gasteiger charge is 2.40. The molecule has 2 bridgehead atoms. The smallest absolute Gasteiger partial charge is 0.444 e. The van der Waals surface area contributed by atoms with Crippen LogP contribution in [0.25, 0.3) is 5.57 Å². The summed E-state index contributed by atoms with van der Waals surface area (Å²) >= 11 is 0. The number of halogens is 3. The van der Waals surface area contributed by atoms with E-state index in [1.807, 2.05) is 6.08 Å². The Morgan fingerprint density at radius 3 is 2.42 bits per heavy atom. The van der Waals surface area contributed by atoms with Gasteiger partial charge in [-0.05, 0) is 32.8 Å². The Kier molecular flexibility index (Phi) is 4.68. The molecule has 1 amide bonds. The summed E-state index contributed by atoms with van der Waals surface area (Å²) in [5.74, 6) is -1.17. The molecule has 1 aromatic rings. The molecule has 142 valence electrons. The quantitative estimate of drug-likeness (QED) is 0.758. The van der Waals surface area contributed by atoms with Crippen molar-refractivity contribution in [2.75, 3.05) is 13.2 Å². The average Bonchev–Trinajstić information content (AvgIpc) is 2.51. The maximum atomic E-state index is 12.6. The standard InChI is InChI=1S/C17H20F3N3O3/c1-16(2,3)26-15(24)23-12-4-10(5-13(23)9-25-8-12)11-6-21-14(22-7-11)17(18,19)20/h4,6-7,12-13H,5,8-9H2,1-3H3. The van der Waals surface area contributed by atoms with Gasteiger partial charge in [-0.2, -0.15) is 13.2 Å². The van der Waals surface area contributed by atoms with Crippen molar-refractivity contribution in [1.29, 1.82) is 0 Å². The Balaban J connectivity index is 1.83. The van der Waals surface area contributed by atoms with Crippen molar-refractivity contribution in [2.24, 2.45) is 0 Å². The van der Waals surface area contributed by atoms with Crippen LogP contribution in [0.5, 0.6) is 0 Å². The fourth-order valence-electron chi connectivity index (χ4n) is 3.05. The first kappa shape index (κ1) is 18.6. The molecule has 0 saturated carbocycles. The number of ether oxygens (including phenoxy) is 2. The van der Waals surface area contributed by atoms with Gasteiger partial charge in [0.05, 0.1) is 25.3 Å². The summed E-state index contributed by atoms with van der Waals surface area (Å²) in [6, 6.07) is -0.583. The number of alkyl halides is 3. The monoisotopic (exact) mass is 371 g/mol. The number of fused-ring (bicyclic) bond motifs is 2. The maximum absolute atomic E-state index is 12.6. The first-order valence-electron chi connectivity index (χ1n) is 8.24. The summed E-state index contributed by atoms with van der Waals surface area (Å²) in [7, 11) is 0. The van der Waals surface area contributed by atoms with E-state index in [4.69, 9.17) is 9.47 Å². The van der Waals surface area contributed by atoms with Crippen LogP contribution in [0.4, 0.5) is 18.0 Å². The number of amides is 1. The second-order valence-electron chi connectivity index (χ2n) is 7.34. The molecule has 0 aliphatic carbocycles. The highest BCUT2D eigenvalue weighted by molar-refractivity contribution is 5.74. The molecule has 0 radical (unpaired) electrons. The molecule has 2 unspecified atom stereocenters. The van der Waals surface area contributed by atoms with Crippen molar-refractivity contribution in [3.05, 3.63) is 29.9 Å². The summed E-state index contributed by atoms with van der Waals surface area (Å²) in [6.07, 6.45) is -0.412. The third-order valence-corrected chi connectivity index (χ3v) is 4.08. The Bertz CT molecular complexity index is 711. The van der Waals surface area contributed by atoms with Gasteiger partial charge in [-0.15, -0.1) is 0 Å². The van der Waals surface area contributed by atoms with Gasteiger partial charge in [-0.3, -0.25) is 4.90 Å². The maximum Gasteiger partial charge on any atom is 0.451 e. The summed E-state index contributed by atoms with van der Waals surface area (Å²) in [5, 5.41) is 0. The molecular weight excluding hydrogens is 351 g/mol. The Labute approximate surface area is 149 Å². The van der Waals surface area contributed by atoms with Gasteiger partial charge >= 0.3 is 12.3 Å². The third kappa shape index (κ3) is 3.98. The molecule has 3 rings (SSSR count). The molecule has 0 spiro atoms. The first-order valence-corrected chi connectivity index (χ1v) is 8.24. The van der Waals surface area contributed by atoms with E-state index in [0.29, 0.717) is 25.2 Å². The van der Waals surface area contributed by atoms with Gasteiger partial charge in [0.1, 0.15) is 5.60 Å². The topological polar surface area (TPSA) is 64.5 Å². The Morgan fingerprint density at radius 2 is 1.88 bits per heavy atom. The van der Waals surface area contributed by atoms with E-state index in [2.05, 4.69) is 9.97 Å². The number of rotatable bonds is 1. The summed E-state index contributed by atoms with van der Waals surface area (Å²) in [5.41, 5.74) is 0.702. The fraction of sp³-hybridized carbons (Fsp3) is 0.588. The van der Waals surface area contributed by atoms with Crippen LogP contribution in [0.1, 0.15) is 38.6 Å². The molecule has 1 saturated heterocycles. The van der Waals surface area contributed by atoms with Crippen LogP contribution < -0.4 is 0 Å². The van der Waals surface area contributed by atoms with Crippen LogP contribution in [0.2, 0.25) is 0 Å². The molecule has 0 aromatic carbocycles. The lowest BCUT2D eigenvalue weighted by molar-refractivity contribution is -0.145. The minimum absolute atomic E-state index is 0.245. The summed E-state index contributed by atoms with van der Waals surface area (Å²) in [6.45, 7) is 6.03. The highest BCUT2D eigenvalue weighted by atomic mass is 19.4. The fourth-order valence-corrected chi connectivity index (χ4v) is 3.05. The van der Waals surface area contributed by atoms with Crippen LogP contribution in [0, 0.1) is 0 Å². The van der Waals surface area contributed by atoms with Crippen molar-refractivity contribution in [1.82, 2.24) is 14.9 Å². The van der Waals surface area contributed by atoms with Gasteiger partial charge in [0.25, 0.3) is 0 Å². The molecule has 2 aliphatic heterocycles. The summed E-state index contributed by atoms with van der Waals surface area (Å²) in [4.78, 5) is 21.0. The van der Waals surface area contributed by atoms with Gasteiger partial charge in [0, 0.05) is 18.0 Å². The molecule has 1 fully saturated rings. The lowest BCUT2D eigenvalue weighted by atomic mass is 9.91. The number of nitrogens with zero attached hydrogens (tertiary/aromatic N) is 3. The second-order valence-corrected chi connectivity index (χ2v) is 7.34. The van der Waals surface area contributed by atoms with E-state index >= 15 is 0 Å². The van der Waals surface area contributed by atoms with Gasteiger partial charge in [-0.1, -0.05) is 6.08 Å². The SMILES string of the molecule is CC(C)(C)OC(=O)N1C2C=C(c3cnc(C(F)(F)F)nc3)CC1COC2. The lowest BCUT2D eigenvalue weighted by Crippen LogP contribution is -2.57. The number of carbonyl (C=O) groups is 1. The van der Waals surface area contributed by atoms with Crippen LogP contribution >= 0.6 is 0 Å². The zero-order valence-corrected chi connectivity index (χ0v) is 14.7. The molecule has 3 heterocycles. The minimum Gasteiger partial charge on any atom is -0.444 e. The van der Waals surface area contributed by atoms with Crippen molar-refractivity contribution >= 4 is 11.7 Å². The Morgan fingerprint density at radius 1 is 1.23 bits per heavy atom. The van der Waals surface area contributed by atoms with Crippen LogP contribution in [0.15, 0.2) is 18.5 Å². The number of morpholine rings is 1. The van der Waals surface area contributed by atoms with Crippen molar-refractivity contribution in [3.8, 4) is 0 Å². The van der Waals surface area contributed by atoms with E-state index in [9.17, 15) is 18.0 Å². The van der Waals surface area contributed by atoms with Gasteiger partial charge in [0.2, 0.25) is 5.82 Å². The number of hydrogen-bond acceptors (Lipinski definition) is 5. The molecular formula is C17H20F3N3O3. The first-order chi connectivity index (χ1) is 12.0. The van der Waals surface area contributed by atoms with Crippen molar-refractivity contribution < 1.29 is 27.4 Å². The predicted molar refractivity (Wildman–Crippen MR) is 86.1 cm³/mol. The summed E-state index contributed by atoms with van der Waals surface area (Å²) < 4.78 is 48.8. The van der Waals surface area contributed by atoms with Gasteiger partial charge in [0.15, 0.2) is 0 Å². The van der Waals surface area contributed by atoms with E-state index in [-0.39, 0.29) is 12.1 Å². The molecule has 1 aromatic heterocycles. The second kappa shape index (κ2) is 6.53. The number of hydrogen-bond donors (Lipinski definition) is 0. The molecule has 0 N–H and O–H groups in total. The molecule has 6 nitrogen and oxygen atoms in total. The number of carbonyl (C=O) groups excluding carboxylic acids is 1. The van der Waals surface area contributed by atoms with Crippen molar-refractivity contribution in [2.45, 2.75) is 51.1 Å². The Hall–Kier alpha value is -2.16. The van der Waals surface area contributed by atoms with Crippen LogP contribution in [-0.4, -0.2) is 51.9 Å². The minimum atomic E-state index is -4.57. The van der Waals surface area contributed by atoms with E-state index in [1.165, 1.54) is 12.4 Å². The van der Waals surface area contributed by atoms with E-state index < -0.39 is 23.7 Å². The zero-order valence-electron chi connectivity index (χ0n) is 14.7.